The van der Waals surface area contributed by atoms with Gasteiger partial charge in [0.25, 0.3) is 10.0 Å². The Morgan fingerprint density at radius 2 is 1.65 bits per heavy atom. The van der Waals surface area contributed by atoms with E-state index in [4.69, 9.17) is 32.7 Å². The van der Waals surface area contributed by atoms with E-state index in [-0.39, 0.29) is 29.1 Å². The van der Waals surface area contributed by atoms with E-state index < -0.39 is 28.5 Å². The molecule has 5 rings (SSSR count). The van der Waals surface area contributed by atoms with E-state index >= 15 is 0 Å². The third-order valence-corrected chi connectivity index (χ3v) is 10.0. The molecule has 1 fully saturated rings. The van der Waals surface area contributed by atoms with E-state index in [0.29, 0.717) is 40.3 Å². The van der Waals surface area contributed by atoms with Crippen LogP contribution in [0.3, 0.4) is 0 Å². The molecule has 1 aliphatic carbocycles. The van der Waals surface area contributed by atoms with Crippen LogP contribution >= 0.6 is 23.2 Å². The van der Waals surface area contributed by atoms with Crippen molar-refractivity contribution in [3.05, 3.63) is 82.3 Å². The molecule has 0 bridgehead atoms. The minimum atomic E-state index is -4.22. The maximum atomic E-state index is 14.2. The lowest BCUT2D eigenvalue weighted by Gasteiger charge is -2.33. The Morgan fingerprint density at radius 3 is 2.35 bits per heavy atom. The van der Waals surface area contributed by atoms with Crippen molar-refractivity contribution in [2.45, 2.75) is 56.1 Å². The van der Waals surface area contributed by atoms with Crippen LogP contribution in [0.1, 0.15) is 38.2 Å². The summed E-state index contributed by atoms with van der Waals surface area (Å²) >= 11 is 12.6. The van der Waals surface area contributed by atoms with Gasteiger partial charge in [0, 0.05) is 28.7 Å². The molecule has 1 saturated carbocycles. The third-order valence-electron chi connectivity index (χ3n) is 7.65. The molecule has 2 amide bonds. The van der Waals surface area contributed by atoms with E-state index in [2.05, 4.69) is 5.32 Å². The Labute approximate surface area is 261 Å². The van der Waals surface area contributed by atoms with Gasteiger partial charge in [0.15, 0.2) is 11.5 Å². The van der Waals surface area contributed by atoms with Crippen molar-refractivity contribution in [1.82, 2.24) is 10.2 Å². The molecular formula is C31H33Cl2N3O6S. The van der Waals surface area contributed by atoms with Crippen LogP contribution < -0.4 is 19.1 Å². The number of carbonyl (C=O) groups excluding carboxylic acids is 2. The number of amides is 2. The van der Waals surface area contributed by atoms with Crippen molar-refractivity contribution in [2.24, 2.45) is 0 Å². The predicted octanol–water partition coefficient (Wildman–Crippen LogP) is 5.44. The lowest BCUT2D eigenvalue weighted by molar-refractivity contribution is -0.139. The average Bonchev–Trinajstić information content (AvgIpc) is 3.52. The first-order valence-electron chi connectivity index (χ1n) is 14.1. The van der Waals surface area contributed by atoms with Crippen molar-refractivity contribution in [3.63, 3.8) is 0 Å². The highest BCUT2D eigenvalue weighted by Gasteiger charge is 2.34. The Morgan fingerprint density at radius 1 is 0.953 bits per heavy atom. The Bertz CT molecular complexity index is 1580. The molecule has 1 atom stereocenters. The first-order valence-corrected chi connectivity index (χ1v) is 16.3. The zero-order chi connectivity index (χ0) is 30.6. The van der Waals surface area contributed by atoms with Crippen LogP contribution in [0.15, 0.2) is 71.6 Å². The summed E-state index contributed by atoms with van der Waals surface area (Å²) in [6, 6.07) is 16.6. The summed E-state index contributed by atoms with van der Waals surface area (Å²) in [4.78, 5) is 28.9. The number of carbonyl (C=O) groups is 2. The maximum Gasteiger partial charge on any atom is 0.264 e. The SMILES string of the molecule is C[C@@H](C(=O)NC1CCCC1)N(Cc1ccc(Cl)cc1Cl)C(=O)CN(c1ccc2c(c1)OCCO2)S(=O)(=O)c1ccccc1. The number of nitrogens with one attached hydrogen (secondary N) is 1. The van der Waals surface area contributed by atoms with Crippen molar-refractivity contribution in [3.8, 4) is 11.5 Å². The summed E-state index contributed by atoms with van der Waals surface area (Å²) in [5, 5.41) is 3.81. The van der Waals surface area contributed by atoms with Crippen molar-refractivity contribution in [1.29, 1.82) is 0 Å². The second-order valence-corrected chi connectivity index (χ2v) is 13.3. The standard InChI is InChI=1S/C31H33Cl2N3O6S/c1-21(31(38)34-24-7-5-6-8-24)35(19-22-11-12-23(32)17-27(22)33)30(37)20-36(43(39,40)26-9-3-2-4-10-26)25-13-14-28-29(18-25)42-16-15-41-28/h2-4,9-14,17-18,21,24H,5-8,15-16,19-20H2,1H3,(H,34,38)/t21-/m0/s1. The number of nitrogens with zero attached hydrogens (tertiary/aromatic N) is 2. The predicted molar refractivity (Wildman–Crippen MR) is 165 cm³/mol. The average molecular weight is 647 g/mol. The van der Waals surface area contributed by atoms with E-state index in [1.807, 2.05) is 0 Å². The highest BCUT2D eigenvalue weighted by Crippen LogP contribution is 2.36. The Balaban J connectivity index is 1.50. The molecule has 228 valence electrons. The molecule has 0 unspecified atom stereocenters. The normalized spacial score (nSPS) is 15.5. The summed E-state index contributed by atoms with van der Waals surface area (Å²) in [5.74, 6) is -0.0511. The summed E-state index contributed by atoms with van der Waals surface area (Å²) in [7, 11) is -4.22. The molecule has 0 radical (unpaired) electrons. The van der Waals surface area contributed by atoms with Crippen LogP contribution in [-0.2, 0) is 26.2 Å². The highest BCUT2D eigenvalue weighted by atomic mass is 35.5. The second kappa shape index (κ2) is 13.4. The lowest BCUT2D eigenvalue weighted by Crippen LogP contribution is -2.52. The van der Waals surface area contributed by atoms with Gasteiger partial charge in [-0.05, 0) is 61.7 Å². The molecule has 12 heteroatoms. The number of sulfonamides is 1. The smallest absolute Gasteiger partial charge is 0.264 e. The fourth-order valence-corrected chi connectivity index (χ4v) is 7.14. The topological polar surface area (TPSA) is 105 Å². The van der Waals surface area contributed by atoms with Crippen molar-refractivity contribution in [2.75, 3.05) is 24.1 Å². The van der Waals surface area contributed by atoms with E-state index in [0.717, 1.165) is 30.0 Å². The fourth-order valence-electron chi connectivity index (χ4n) is 5.24. The van der Waals surface area contributed by atoms with E-state index in [1.165, 1.54) is 17.0 Å². The number of hydrogen-bond donors (Lipinski definition) is 1. The summed E-state index contributed by atoms with van der Waals surface area (Å²) in [6.45, 7) is 1.70. The first kappa shape index (κ1) is 31.0. The van der Waals surface area contributed by atoms with Crippen LogP contribution in [-0.4, -0.2) is 57.0 Å². The molecule has 1 N–H and O–H groups in total. The summed E-state index contributed by atoms with van der Waals surface area (Å²) < 4.78 is 40.4. The molecule has 0 saturated heterocycles. The molecule has 1 heterocycles. The Hall–Kier alpha value is -3.47. The number of fused-ring (bicyclic) bond motifs is 1. The monoisotopic (exact) mass is 645 g/mol. The molecule has 1 aliphatic heterocycles. The minimum absolute atomic E-state index is 0.0111. The summed E-state index contributed by atoms with van der Waals surface area (Å²) in [6.07, 6.45) is 3.82. The van der Waals surface area contributed by atoms with Gasteiger partial charge in [0.05, 0.1) is 10.6 Å². The van der Waals surface area contributed by atoms with Crippen LogP contribution in [0.25, 0.3) is 0 Å². The van der Waals surface area contributed by atoms with Crippen molar-refractivity contribution >= 4 is 50.7 Å². The molecule has 0 aromatic heterocycles. The quantitative estimate of drug-likeness (QED) is 0.315. The number of anilines is 1. The largest absolute Gasteiger partial charge is 0.486 e. The number of benzene rings is 3. The van der Waals surface area contributed by atoms with Crippen LogP contribution in [0.2, 0.25) is 10.0 Å². The van der Waals surface area contributed by atoms with Gasteiger partial charge < -0.3 is 19.7 Å². The van der Waals surface area contributed by atoms with Crippen LogP contribution in [0, 0.1) is 0 Å². The molecular weight excluding hydrogens is 613 g/mol. The molecule has 9 nitrogen and oxygen atoms in total. The number of rotatable bonds is 10. The number of halogens is 2. The molecule has 0 spiro atoms. The van der Waals surface area contributed by atoms with Crippen LogP contribution in [0.4, 0.5) is 5.69 Å². The van der Waals surface area contributed by atoms with Gasteiger partial charge in [-0.15, -0.1) is 0 Å². The molecule has 43 heavy (non-hydrogen) atoms. The fraction of sp³-hybridized carbons (Fsp3) is 0.355. The van der Waals surface area contributed by atoms with Gasteiger partial charge in [-0.1, -0.05) is 60.3 Å². The van der Waals surface area contributed by atoms with Gasteiger partial charge in [0.1, 0.15) is 25.8 Å². The zero-order valence-corrected chi connectivity index (χ0v) is 26.0. The lowest BCUT2D eigenvalue weighted by atomic mass is 10.1. The number of hydrogen-bond acceptors (Lipinski definition) is 6. The molecule has 3 aromatic carbocycles. The van der Waals surface area contributed by atoms with Crippen molar-refractivity contribution < 1.29 is 27.5 Å². The van der Waals surface area contributed by atoms with Gasteiger partial charge in [-0.2, -0.15) is 0 Å². The molecule has 2 aliphatic rings. The summed E-state index contributed by atoms with van der Waals surface area (Å²) in [5.41, 5.74) is 0.783. The van der Waals surface area contributed by atoms with Crippen LogP contribution in [0.5, 0.6) is 11.5 Å². The van der Waals surface area contributed by atoms with Gasteiger partial charge in [-0.25, -0.2) is 8.42 Å². The first-order chi connectivity index (χ1) is 20.6. The third kappa shape index (κ3) is 7.20. The van der Waals surface area contributed by atoms with E-state index in [1.54, 1.807) is 61.5 Å². The van der Waals surface area contributed by atoms with E-state index in [9.17, 15) is 18.0 Å². The zero-order valence-electron chi connectivity index (χ0n) is 23.7. The van der Waals surface area contributed by atoms with Gasteiger partial charge in [-0.3, -0.25) is 13.9 Å². The highest BCUT2D eigenvalue weighted by molar-refractivity contribution is 7.92. The maximum absolute atomic E-state index is 14.2. The van der Waals surface area contributed by atoms with Gasteiger partial charge >= 0.3 is 0 Å². The number of ether oxygens (including phenoxy) is 2. The van der Waals surface area contributed by atoms with Gasteiger partial charge in [0.2, 0.25) is 11.8 Å². The molecule has 3 aromatic rings. The second-order valence-electron chi connectivity index (χ2n) is 10.6. The Kier molecular flexibility index (Phi) is 9.68. The minimum Gasteiger partial charge on any atom is -0.486 e.